The Morgan fingerprint density at radius 1 is 1.75 bits per heavy atom. The number of rotatable bonds is 2. The summed E-state index contributed by atoms with van der Waals surface area (Å²) in [7, 11) is 0. The van der Waals surface area contributed by atoms with E-state index in [-0.39, 0.29) is 5.41 Å². The first-order chi connectivity index (χ1) is 3.83. The molecule has 0 unspecified atom stereocenters. The molecule has 1 saturated heterocycles. The molecule has 1 fully saturated rings. The van der Waals surface area contributed by atoms with E-state index in [0.717, 1.165) is 6.42 Å². The van der Waals surface area contributed by atoms with E-state index in [0.29, 0.717) is 13.2 Å². The van der Waals surface area contributed by atoms with Crippen molar-refractivity contribution in [2.45, 2.75) is 13.3 Å². The fraction of sp³-hybridized carbons (Fsp3) is 0.833. The lowest BCUT2D eigenvalue weighted by Crippen LogP contribution is -2.43. The lowest BCUT2D eigenvalue weighted by Gasteiger charge is -2.34. The molecule has 1 heterocycles. The minimum Gasteiger partial charge on any atom is -0.379 e. The first-order valence-corrected chi connectivity index (χ1v) is 2.80. The van der Waals surface area contributed by atoms with E-state index >= 15 is 0 Å². The minimum absolute atomic E-state index is 0.222. The number of hydrogen-bond donors (Lipinski definition) is 0. The van der Waals surface area contributed by atoms with Crippen LogP contribution in [0.25, 0.3) is 0 Å². The molecule has 2 nitrogen and oxygen atoms in total. The molecule has 1 aliphatic rings. The molecule has 2 heteroatoms. The van der Waals surface area contributed by atoms with Crippen molar-refractivity contribution in [2.75, 3.05) is 13.2 Å². The van der Waals surface area contributed by atoms with Crippen LogP contribution in [0.2, 0.25) is 0 Å². The van der Waals surface area contributed by atoms with Crippen LogP contribution < -0.4 is 0 Å². The Hall–Kier alpha value is -0.370. The summed E-state index contributed by atoms with van der Waals surface area (Å²) in [5.41, 5.74) is -0.222. The highest BCUT2D eigenvalue weighted by Gasteiger charge is 2.37. The van der Waals surface area contributed by atoms with Gasteiger partial charge in [0.25, 0.3) is 0 Å². The largest absolute Gasteiger partial charge is 0.379 e. The van der Waals surface area contributed by atoms with Gasteiger partial charge in [0.1, 0.15) is 0 Å². The molecule has 0 saturated carbocycles. The van der Waals surface area contributed by atoms with Crippen molar-refractivity contribution in [3.8, 4) is 0 Å². The van der Waals surface area contributed by atoms with Gasteiger partial charge in [0.15, 0.2) is 0 Å². The van der Waals surface area contributed by atoms with Gasteiger partial charge in [-0.2, -0.15) is 0 Å². The summed E-state index contributed by atoms with van der Waals surface area (Å²) < 4.78 is 4.86. The molecule has 1 aliphatic heterocycles. The topological polar surface area (TPSA) is 26.3 Å². The van der Waals surface area contributed by atoms with Crippen molar-refractivity contribution in [1.29, 1.82) is 0 Å². The summed E-state index contributed by atoms with van der Waals surface area (Å²) in [6.45, 7) is 3.13. The second-order valence-electron chi connectivity index (χ2n) is 2.23. The molecule has 8 heavy (non-hydrogen) atoms. The molecule has 0 aromatic carbocycles. The highest BCUT2D eigenvalue weighted by molar-refractivity contribution is 5.61. The Labute approximate surface area is 48.8 Å². The van der Waals surface area contributed by atoms with Crippen LogP contribution in [-0.4, -0.2) is 19.5 Å². The van der Waals surface area contributed by atoms with Gasteiger partial charge in [0, 0.05) is 0 Å². The molecule has 0 spiro atoms. The van der Waals surface area contributed by atoms with Crippen LogP contribution in [0.1, 0.15) is 13.3 Å². The molecule has 0 bridgehead atoms. The van der Waals surface area contributed by atoms with Crippen LogP contribution in [0.3, 0.4) is 0 Å². The molecule has 0 aliphatic carbocycles. The molecule has 0 atom stereocenters. The monoisotopic (exact) mass is 113 g/mol. The van der Waals surface area contributed by atoms with E-state index in [9.17, 15) is 4.79 Å². The van der Waals surface area contributed by atoms with Crippen LogP contribution >= 0.6 is 0 Å². The Morgan fingerprint density at radius 3 is 2.38 bits per heavy atom. The fourth-order valence-electron chi connectivity index (χ4n) is 0.684. The second-order valence-corrected chi connectivity index (χ2v) is 2.23. The average Bonchev–Trinajstić information content (AvgIpc) is 1.67. The summed E-state index contributed by atoms with van der Waals surface area (Å²) in [4.78, 5) is 10.1. The normalized spacial score (nSPS) is 24.1. The Bertz CT molecular complexity index is 89.2. The molecule has 0 aromatic rings. The van der Waals surface area contributed by atoms with Crippen LogP contribution in [0.5, 0.6) is 0 Å². The molecule has 0 N–H and O–H groups in total. The molecule has 0 amide bonds. The van der Waals surface area contributed by atoms with E-state index < -0.39 is 0 Å². The van der Waals surface area contributed by atoms with Gasteiger partial charge in [-0.15, -0.1) is 0 Å². The molecular weight excluding hydrogens is 104 g/mol. The maximum Gasteiger partial charge on any atom is 0.209 e. The van der Waals surface area contributed by atoms with Gasteiger partial charge in [-0.25, -0.2) is 0 Å². The SMILES string of the molecule is CCC1([C]=O)COC1. The highest BCUT2D eigenvalue weighted by atomic mass is 16.5. The molecule has 45 valence electrons. The molecule has 1 radical (unpaired) electrons. The van der Waals surface area contributed by atoms with Crippen molar-refractivity contribution in [2.24, 2.45) is 5.41 Å². The maximum atomic E-state index is 10.1. The number of hydrogen-bond acceptors (Lipinski definition) is 2. The average molecular weight is 113 g/mol. The van der Waals surface area contributed by atoms with Crippen molar-refractivity contribution < 1.29 is 9.53 Å². The summed E-state index contributed by atoms with van der Waals surface area (Å²) in [5.74, 6) is 0. The van der Waals surface area contributed by atoms with Gasteiger partial charge < -0.3 is 4.74 Å². The van der Waals surface area contributed by atoms with Gasteiger partial charge in [-0.3, -0.25) is 4.79 Å². The van der Waals surface area contributed by atoms with E-state index in [4.69, 9.17) is 4.74 Å². The lowest BCUT2D eigenvalue weighted by atomic mass is 9.85. The second kappa shape index (κ2) is 1.86. The van der Waals surface area contributed by atoms with Crippen LogP contribution in [0.15, 0.2) is 0 Å². The molecular formula is C6H9O2. The van der Waals surface area contributed by atoms with Crippen molar-refractivity contribution in [3.63, 3.8) is 0 Å². The van der Waals surface area contributed by atoms with E-state index in [1.54, 1.807) is 0 Å². The predicted octanol–water partition coefficient (Wildman–Crippen LogP) is 0.523. The van der Waals surface area contributed by atoms with Gasteiger partial charge in [-0.05, 0) is 6.42 Å². The summed E-state index contributed by atoms with van der Waals surface area (Å²) >= 11 is 0. The zero-order valence-electron chi connectivity index (χ0n) is 4.94. The summed E-state index contributed by atoms with van der Waals surface area (Å²) in [6.07, 6.45) is 2.85. The third-order valence-corrected chi connectivity index (χ3v) is 1.65. The van der Waals surface area contributed by atoms with Gasteiger partial charge in [-0.1, -0.05) is 6.92 Å². The van der Waals surface area contributed by atoms with Crippen LogP contribution in [0, 0.1) is 5.41 Å². The maximum absolute atomic E-state index is 10.1. The third kappa shape index (κ3) is 0.650. The third-order valence-electron chi connectivity index (χ3n) is 1.65. The van der Waals surface area contributed by atoms with Crippen molar-refractivity contribution in [3.05, 3.63) is 0 Å². The van der Waals surface area contributed by atoms with Gasteiger partial charge >= 0.3 is 0 Å². The molecule has 0 aromatic heterocycles. The Balaban J connectivity index is 2.45. The van der Waals surface area contributed by atoms with Gasteiger partial charge in [0.2, 0.25) is 6.29 Å². The Kier molecular flexibility index (Phi) is 1.34. The smallest absolute Gasteiger partial charge is 0.209 e. The standard InChI is InChI=1S/C6H9O2/c1-2-6(3-7)4-8-5-6/h2,4-5H2,1H3. The van der Waals surface area contributed by atoms with Crippen molar-refractivity contribution >= 4 is 6.29 Å². The van der Waals surface area contributed by atoms with Crippen molar-refractivity contribution in [1.82, 2.24) is 0 Å². The summed E-state index contributed by atoms with van der Waals surface area (Å²) in [5, 5.41) is 0. The highest BCUT2D eigenvalue weighted by Crippen LogP contribution is 2.27. The number of carbonyl (C=O) groups excluding carboxylic acids is 1. The molecule has 1 rings (SSSR count). The fourth-order valence-corrected chi connectivity index (χ4v) is 0.684. The quantitative estimate of drug-likeness (QED) is 0.522. The van der Waals surface area contributed by atoms with Crippen LogP contribution in [0.4, 0.5) is 0 Å². The van der Waals surface area contributed by atoms with Crippen LogP contribution in [-0.2, 0) is 9.53 Å². The van der Waals surface area contributed by atoms with E-state index in [1.165, 1.54) is 0 Å². The van der Waals surface area contributed by atoms with E-state index in [2.05, 4.69) is 0 Å². The minimum atomic E-state index is -0.222. The zero-order valence-corrected chi connectivity index (χ0v) is 4.94. The first-order valence-electron chi connectivity index (χ1n) is 2.80. The number of ether oxygens (including phenoxy) is 1. The van der Waals surface area contributed by atoms with Gasteiger partial charge in [0.05, 0.1) is 18.6 Å². The lowest BCUT2D eigenvalue weighted by molar-refractivity contribution is -0.0715. The predicted molar refractivity (Wildman–Crippen MR) is 29.2 cm³/mol. The van der Waals surface area contributed by atoms with E-state index in [1.807, 2.05) is 13.2 Å². The zero-order chi connectivity index (χ0) is 6.04. The Morgan fingerprint density at radius 2 is 2.38 bits per heavy atom. The summed E-state index contributed by atoms with van der Waals surface area (Å²) in [6, 6.07) is 0. The first kappa shape index (κ1) is 5.76.